The number of carbonyl (C=O) groups is 1. The van der Waals surface area contributed by atoms with E-state index in [4.69, 9.17) is 0 Å². The van der Waals surface area contributed by atoms with E-state index in [9.17, 15) is 4.79 Å². The number of rotatable bonds is 1. The lowest BCUT2D eigenvalue weighted by molar-refractivity contribution is -0.133. The minimum atomic E-state index is -0.282. The van der Waals surface area contributed by atoms with Crippen molar-refractivity contribution in [3.8, 4) is 0 Å². The summed E-state index contributed by atoms with van der Waals surface area (Å²) in [5.74, 6) is 0.230. The van der Waals surface area contributed by atoms with Crippen molar-refractivity contribution in [1.29, 1.82) is 0 Å². The summed E-state index contributed by atoms with van der Waals surface area (Å²) >= 11 is -0.282. The maximum atomic E-state index is 11.5. The predicted molar refractivity (Wildman–Crippen MR) is 53.1 cm³/mol. The summed E-state index contributed by atoms with van der Waals surface area (Å²) in [6.07, 6.45) is 4.16. The minimum Gasteiger partial charge on any atom is -0.311 e. The molecule has 2 nitrogen and oxygen atoms in total. The van der Waals surface area contributed by atoms with Gasteiger partial charge in [-0.2, -0.15) is 11.1 Å². The van der Waals surface area contributed by atoms with Gasteiger partial charge in [0.05, 0.1) is 0 Å². The normalized spacial score (nSPS) is 12.7. The highest BCUT2D eigenvalue weighted by Gasteiger charge is 2.25. The zero-order valence-corrected chi connectivity index (χ0v) is 9.20. The minimum absolute atomic E-state index is 0.230. The highest BCUT2D eigenvalue weighted by atomic mass is 32.2. The molecule has 0 saturated carbocycles. The van der Waals surface area contributed by atoms with Crippen molar-refractivity contribution in [1.82, 2.24) is 4.31 Å². The van der Waals surface area contributed by atoms with Crippen LogP contribution in [-0.4, -0.2) is 29.8 Å². The van der Waals surface area contributed by atoms with Crippen LogP contribution in [0.2, 0.25) is 0 Å². The fourth-order valence-electron chi connectivity index (χ4n) is 0.667. The maximum absolute atomic E-state index is 11.5. The maximum Gasteiger partial charge on any atom is 0.235 e. The molecule has 0 atom stereocenters. The van der Waals surface area contributed by atoms with Crippen molar-refractivity contribution in [2.45, 2.75) is 20.8 Å². The topological polar surface area (TPSA) is 20.3 Å². The Morgan fingerprint density at radius 1 is 1.27 bits per heavy atom. The van der Waals surface area contributed by atoms with Gasteiger partial charge in [-0.3, -0.25) is 4.79 Å². The molecule has 0 aliphatic heterocycles. The summed E-state index contributed by atoms with van der Waals surface area (Å²) in [5.41, 5.74) is -0.235. The van der Waals surface area contributed by atoms with Crippen LogP contribution in [0.5, 0.6) is 0 Å². The monoisotopic (exact) mass is 177 g/mol. The molecule has 1 amide bonds. The Bertz CT molecular complexity index is 149. The van der Waals surface area contributed by atoms with Gasteiger partial charge in [-0.1, -0.05) is 20.8 Å². The van der Waals surface area contributed by atoms with Crippen LogP contribution in [0.25, 0.3) is 0 Å². The van der Waals surface area contributed by atoms with Gasteiger partial charge in [-0.05, 0) is 12.5 Å². The molecule has 0 unspecified atom stereocenters. The van der Waals surface area contributed by atoms with Crippen molar-refractivity contribution in [2.24, 2.45) is 5.41 Å². The molecule has 0 spiro atoms. The molecular weight excluding hydrogens is 158 g/mol. The molecule has 0 N–H and O–H groups in total. The van der Waals surface area contributed by atoms with Crippen LogP contribution in [0.15, 0.2) is 0 Å². The molecule has 0 fully saturated rings. The fraction of sp³-hybridized carbons (Fsp3) is 0.875. The lowest BCUT2D eigenvalue weighted by atomic mass is 9.96. The van der Waals surface area contributed by atoms with E-state index >= 15 is 0 Å². The first kappa shape index (κ1) is 10.8. The van der Waals surface area contributed by atoms with E-state index in [-0.39, 0.29) is 22.4 Å². The smallest absolute Gasteiger partial charge is 0.235 e. The fourth-order valence-corrected chi connectivity index (χ4v) is 1.33. The molecule has 0 radical (unpaired) electrons. The first-order chi connectivity index (χ1) is 4.76. The largest absolute Gasteiger partial charge is 0.311 e. The summed E-state index contributed by atoms with van der Waals surface area (Å²) in [6.45, 7) is 5.85. The van der Waals surface area contributed by atoms with Gasteiger partial charge in [-0.15, -0.1) is 0 Å². The highest BCUT2D eigenvalue weighted by Crippen LogP contribution is 2.26. The van der Waals surface area contributed by atoms with Crippen LogP contribution in [0.4, 0.5) is 0 Å². The summed E-state index contributed by atoms with van der Waals surface area (Å²) in [5, 5.41) is 0. The quantitative estimate of drug-likeness (QED) is 0.604. The van der Waals surface area contributed by atoms with E-state index in [1.807, 2.05) is 32.1 Å². The standard InChI is InChI=1S/C8H19NOS/c1-8(2,3)7(10)9(4)11(5)6/h11H,1-6H3. The van der Waals surface area contributed by atoms with E-state index in [1.54, 1.807) is 0 Å². The van der Waals surface area contributed by atoms with Crippen LogP contribution in [0.3, 0.4) is 0 Å². The van der Waals surface area contributed by atoms with E-state index in [0.717, 1.165) is 0 Å². The molecule has 0 saturated heterocycles. The van der Waals surface area contributed by atoms with Crippen molar-refractivity contribution in [3.05, 3.63) is 0 Å². The van der Waals surface area contributed by atoms with Gasteiger partial charge >= 0.3 is 0 Å². The molecular formula is C8H19NOS. The average molecular weight is 177 g/mol. The molecule has 0 aliphatic carbocycles. The van der Waals surface area contributed by atoms with Crippen LogP contribution < -0.4 is 0 Å². The lowest BCUT2D eigenvalue weighted by Crippen LogP contribution is -2.34. The number of thiol groups is 1. The third kappa shape index (κ3) is 3.14. The summed E-state index contributed by atoms with van der Waals surface area (Å²) in [4.78, 5) is 11.5. The molecule has 0 rings (SSSR count). The van der Waals surface area contributed by atoms with Crippen molar-refractivity contribution >= 4 is 17.0 Å². The molecule has 0 aromatic rings. The molecule has 0 bridgehead atoms. The average Bonchev–Trinajstić information content (AvgIpc) is 1.82. The molecule has 3 heteroatoms. The van der Waals surface area contributed by atoms with Gasteiger partial charge < -0.3 is 4.31 Å². The first-order valence-corrected chi connectivity index (χ1v) is 5.91. The van der Waals surface area contributed by atoms with Gasteiger partial charge in [0, 0.05) is 12.5 Å². The van der Waals surface area contributed by atoms with Gasteiger partial charge in [0.25, 0.3) is 0 Å². The second-order valence-electron chi connectivity index (χ2n) is 3.93. The summed E-state index contributed by atoms with van der Waals surface area (Å²) < 4.78 is 1.84. The molecule has 0 aromatic heterocycles. The number of hydrogen-bond acceptors (Lipinski definition) is 1. The molecule has 11 heavy (non-hydrogen) atoms. The second-order valence-corrected chi connectivity index (χ2v) is 6.22. The second kappa shape index (κ2) is 3.48. The third-order valence-corrected chi connectivity index (χ3v) is 2.92. The molecule has 0 aliphatic rings. The van der Waals surface area contributed by atoms with Crippen LogP contribution >= 0.6 is 11.1 Å². The highest BCUT2D eigenvalue weighted by molar-refractivity contribution is 8.14. The number of hydrogen-bond donors (Lipinski definition) is 1. The van der Waals surface area contributed by atoms with Crippen LogP contribution in [0.1, 0.15) is 20.8 Å². The molecule has 68 valence electrons. The Balaban J connectivity index is 4.26. The number of nitrogens with zero attached hydrogens (tertiary/aromatic N) is 1. The van der Waals surface area contributed by atoms with Gasteiger partial charge in [0.2, 0.25) is 5.91 Å². The van der Waals surface area contributed by atoms with Crippen molar-refractivity contribution < 1.29 is 4.79 Å². The van der Waals surface area contributed by atoms with Gasteiger partial charge in [0.15, 0.2) is 0 Å². The third-order valence-electron chi connectivity index (χ3n) is 1.54. The van der Waals surface area contributed by atoms with Gasteiger partial charge in [0.1, 0.15) is 0 Å². The number of carbonyl (C=O) groups excluding carboxylic acids is 1. The first-order valence-electron chi connectivity index (χ1n) is 3.72. The summed E-state index contributed by atoms with van der Waals surface area (Å²) in [6, 6.07) is 0. The summed E-state index contributed by atoms with van der Waals surface area (Å²) in [7, 11) is 1.87. The predicted octanol–water partition coefficient (Wildman–Crippen LogP) is 1.67. The Morgan fingerprint density at radius 3 is 1.73 bits per heavy atom. The van der Waals surface area contributed by atoms with Crippen LogP contribution in [-0.2, 0) is 4.79 Å². The zero-order chi connectivity index (χ0) is 9.23. The van der Waals surface area contributed by atoms with E-state index in [0.29, 0.717) is 0 Å². The van der Waals surface area contributed by atoms with Crippen molar-refractivity contribution in [3.63, 3.8) is 0 Å². The SMILES string of the molecule is CN(C(=O)C(C)(C)C)[SH](C)C. The Kier molecular flexibility index (Phi) is 3.42. The number of amides is 1. The van der Waals surface area contributed by atoms with Crippen LogP contribution in [0, 0.1) is 5.41 Å². The molecule has 0 aromatic carbocycles. The molecule has 0 heterocycles. The Labute approximate surface area is 72.4 Å². The Morgan fingerprint density at radius 2 is 1.64 bits per heavy atom. The van der Waals surface area contributed by atoms with E-state index in [1.165, 1.54) is 0 Å². The van der Waals surface area contributed by atoms with Crippen molar-refractivity contribution in [2.75, 3.05) is 19.6 Å². The Hall–Kier alpha value is -0.180. The van der Waals surface area contributed by atoms with E-state index in [2.05, 4.69) is 12.5 Å². The zero-order valence-electron chi connectivity index (χ0n) is 8.30. The van der Waals surface area contributed by atoms with E-state index < -0.39 is 0 Å². The van der Waals surface area contributed by atoms with Gasteiger partial charge in [-0.25, -0.2) is 0 Å². The lowest BCUT2D eigenvalue weighted by Gasteiger charge is -2.30.